The van der Waals surface area contributed by atoms with Crippen LogP contribution in [0.2, 0.25) is 0 Å². The molecule has 0 aliphatic heterocycles. The molecule has 656 valence electrons. The molecule has 0 unspecified atom stereocenters. The first-order chi connectivity index (χ1) is 69.7. The largest absolute Gasteiger partial charge is 0.455 e. The van der Waals surface area contributed by atoms with Crippen LogP contribution in [0.1, 0.15) is 11.1 Å². The summed E-state index contributed by atoms with van der Waals surface area (Å²) in [5.74, 6) is 0. The fourth-order valence-electron chi connectivity index (χ4n) is 23.3. The van der Waals surface area contributed by atoms with Gasteiger partial charge in [0.15, 0.2) is 0 Å². The normalized spacial score (nSPS) is 11.9. The molecule has 27 aromatic carbocycles. The summed E-state index contributed by atoms with van der Waals surface area (Å²) in [6.07, 6.45) is 0. The summed E-state index contributed by atoms with van der Waals surface area (Å²) in [6, 6.07) is 177. The van der Waals surface area contributed by atoms with E-state index in [-0.39, 0.29) is 0 Å². The molecule has 3 nitrogen and oxygen atoms in total. The highest BCUT2D eigenvalue weighted by molar-refractivity contribution is 6.32. The maximum Gasteiger partial charge on any atom is 0.143 e. The van der Waals surface area contributed by atoms with Gasteiger partial charge in [0.25, 0.3) is 0 Å². The number of para-hydroxylation sites is 6. The van der Waals surface area contributed by atoms with Gasteiger partial charge in [-0.1, -0.05) is 473 Å². The summed E-state index contributed by atoms with van der Waals surface area (Å²) in [6.45, 7) is 4.39. The molecule has 0 bridgehead atoms. The average Bonchev–Trinajstić information content (AvgIpc) is 1.63. The molecular formula is C138H86O3. The molecular weight excluding hydrogens is 1710 g/mol. The van der Waals surface area contributed by atoms with Crippen LogP contribution in [-0.4, -0.2) is 0 Å². The van der Waals surface area contributed by atoms with Gasteiger partial charge in [0, 0.05) is 49.0 Å². The van der Waals surface area contributed by atoms with E-state index in [2.05, 4.69) is 463 Å². The summed E-state index contributed by atoms with van der Waals surface area (Å²) in [5.41, 5.74) is 34.9. The van der Waals surface area contributed by atoms with Crippen LogP contribution in [0.15, 0.2) is 499 Å². The smallest absolute Gasteiger partial charge is 0.143 e. The van der Waals surface area contributed by atoms with E-state index < -0.39 is 0 Å². The van der Waals surface area contributed by atoms with Crippen molar-refractivity contribution in [2.24, 2.45) is 0 Å². The van der Waals surface area contributed by atoms with Crippen molar-refractivity contribution in [3.8, 4) is 122 Å². The number of hydrogen-bond acceptors (Lipinski definition) is 3. The van der Waals surface area contributed by atoms with Gasteiger partial charge < -0.3 is 13.3 Å². The maximum atomic E-state index is 6.37. The third kappa shape index (κ3) is 13.3. The molecule has 30 rings (SSSR count). The first-order valence-electron chi connectivity index (χ1n) is 48.7. The highest BCUT2D eigenvalue weighted by Crippen LogP contribution is 2.51. The monoisotopic (exact) mass is 1790 g/mol. The summed E-state index contributed by atoms with van der Waals surface area (Å²) in [5, 5.41) is 32.9. The van der Waals surface area contributed by atoms with Gasteiger partial charge in [0.1, 0.15) is 33.5 Å². The van der Waals surface area contributed by atoms with E-state index >= 15 is 0 Å². The first-order valence-corrected chi connectivity index (χ1v) is 48.7. The molecule has 0 saturated heterocycles. The molecule has 30 aromatic rings. The Morgan fingerprint density at radius 2 is 0.397 bits per heavy atom. The molecule has 3 aromatic heterocycles. The van der Waals surface area contributed by atoms with E-state index in [1.807, 2.05) is 36.4 Å². The molecule has 0 saturated carbocycles. The lowest BCUT2D eigenvalue weighted by atomic mass is 9.85. The third-order valence-electron chi connectivity index (χ3n) is 30.0. The number of benzene rings is 27. The Hall–Kier alpha value is -18.3. The van der Waals surface area contributed by atoms with Crippen LogP contribution in [-0.2, 0) is 0 Å². The van der Waals surface area contributed by atoms with Crippen molar-refractivity contribution in [1.82, 2.24) is 0 Å². The zero-order valence-electron chi connectivity index (χ0n) is 77.4. The van der Waals surface area contributed by atoms with E-state index in [0.717, 1.165) is 99.2 Å². The van der Waals surface area contributed by atoms with Crippen LogP contribution in [0.5, 0.6) is 0 Å². The predicted octanol–water partition coefficient (Wildman–Crippen LogP) is 39.6. The van der Waals surface area contributed by atoms with Gasteiger partial charge in [-0.05, 0) is 251 Å². The van der Waals surface area contributed by atoms with Gasteiger partial charge in [-0.25, -0.2) is 0 Å². The van der Waals surface area contributed by atoms with Crippen LogP contribution in [0.4, 0.5) is 0 Å². The lowest BCUT2D eigenvalue weighted by molar-refractivity contribution is 0.669. The topological polar surface area (TPSA) is 39.4 Å². The lowest BCUT2D eigenvalue weighted by Gasteiger charge is -2.18. The van der Waals surface area contributed by atoms with Crippen molar-refractivity contribution in [3.63, 3.8) is 0 Å². The summed E-state index contributed by atoms with van der Waals surface area (Å²) in [7, 11) is 0. The third-order valence-corrected chi connectivity index (χ3v) is 30.0. The Bertz CT molecular complexity index is 10200. The van der Waals surface area contributed by atoms with Gasteiger partial charge in [-0.15, -0.1) is 0 Å². The molecule has 0 radical (unpaired) electrons. The molecule has 0 aliphatic rings. The second-order valence-corrected chi connectivity index (χ2v) is 37.9. The quantitative estimate of drug-likeness (QED) is 0.121. The molecule has 141 heavy (non-hydrogen) atoms. The van der Waals surface area contributed by atoms with Crippen LogP contribution in [0, 0.1) is 13.8 Å². The molecule has 0 spiro atoms. The lowest BCUT2D eigenvalue weighted by Crippen LogP contribution is -1.91. The second kappa shape index (κ2) is 32.8. The SMILES string of the molecule is Cc1ccc2ccccc2c1-c1ccc2ccc3c(-c4ccc(-c5cccc6c5oc5ccccc56)cc4)ccc4ccc1c2c43.Cc1cccc(-c2ccc3ccc4c(-c5ccc(-c6cccc7c6oc6ccccc67)cc5)ccc5ccc2c3c54)c1.c1ccc(-c2ccc(-c3ccccc3-c3ccc4ccc5c(-c6ccc(-c7cccc8c7oc7ccccc78)cc6)ccc6ccc3c4c65)cc2)cc1. The minimum absolute atomic E-state index is 0.921. The highest BCUT2D eigenvalue weighted by Gasteiger charge is 2.25. The molecule has 0 aliphatic carbocycles. The molecule has 3 heterocycles. The van der Waals surface area contributed by atoms with Gasteiger partial charge in [0.2, 0.25) is 0 Å². The minimum Gasteiger partial charge on any atom is -0.455 e. The summed E-state index contributed by atoms with van der Waals surface area (Å²) >= 11 is 0. The zero-order valence-corrected chi connectivity index (χ0v) is 77.4. The summed E-state index contributed by atoms with van der Waals surface area (Å²) in [4.78, 5) is 0. The average molecular weight is 1790 g/mol. The molecule has 0 fully saturated rings. The van der Waals surface area contributed by atoms with Crippen LogP contribution in [0.25, 0.3) is 296 Å². The standard InChI is InChI=1S/C52H32O.C45H28O.C41H26O/c1-2-9-33(10-3-1)34-17-19-35(20-18-34)40-11-4-5-12-43(40)44-30-26-39-27-31-46-41(29-25-38-28-32-47(44)51(39)50(38)46)36-21-23-37(24-22-36)42-14-8-15-48-45-13-6-7-16-49(45)53-52(42)48;1-27-13-14-28-7-2-3-8-34(28)42(27)38-25-21-32-20-24-37-33(23-19-31-22-26-39(38)44(32)43(31)37)29-15-17-30(18-16-29)35-10-6-11-40-36-9-4-5-12-41(36)46-45(35)40;1-25-6-4-7-30(24-25)32-21-17-29-18-22-35-31(20-16-28-19-23-36(32)40(29)39(28)35)26-12-14-27(15-13-26)33-9-5-10-37-34-8-2-3-11-38(34)42-41(33)37/h1-32H;2-26H,1H3;2-24H,1H3. The second-order valence-electron chi connectivity index (χ2n) is 37.9. The van der Waals surface area contributed by atoms with E-state index in [1.165, 1.54) is 208 Å². The van der Waals surface area contributed by atoms with E-state index in [9.17, 15) is 0 Å². The van der Waals surface area contributed by atoms with Crippen molar-refractivity contribution in [1.29, 1.82) is 0 Å². The van der Waals surface area contributed by atoms with Gasteiger partial charge in [-0.2, -0.15) is 0 Å². The first kappa shape index (κ1) is 81.1. The number of fused-ring (bicyclic) bond motifs is 10. The Labute approximate surface area is 813 Å². The maximum absolute atomic E-state index is 6.37. The predicted molar refractivity (Wildman–Crippen MR) is 599 cm³/mol. The van der Waals surface area contributed by atoms with Gasteiger partial charge in [0.05, 0.1) is 0 Å². The van der Waals surface area contributed by atoms with Crippen molar-refractivity contribution < 1.29 is 13.3 Å². The van der Waals surface area contributed by atoms with E-state index in [4.69, 9.17) is 13.3 Å². The number of hydrogen-bond donors (Lipinski definition) is 0. The van der Waals surface area contributed by atoms with Gasteiger partial charge >= 0.3 is 0 Å². The Morgan fingerprint density at radius 1 is 0.135 bits per heavy atom. The molecule has 3 heteroatoms. The van der Waals surface area contributed by atoms with Crippen molar-refractivity contribution in [2.75, 3.05) is 0 Å². The van der Waals surface area contributed by atoms with Crippen molar-refractivity contribution in [2.45, 2.75) is 13.8 Å². The van der Waals surface area contributed by atoms with Gasteiger partial charge in [-0.3, -0.25) is 0 Å². The fourth-order valence-corrected chi connectivity index (χ4v) is 23.3. The molecule has 0 N–H and O–H groups in total. The molecule has 0 amide bonds. The fraction of sp³-hybridized carbons (Fsp3) is 0.0145. The van der Waals surface area contributed by atoms with Crippen LogP contribution >= 0.6 is 0 Å². The zero-order chi connectivity index (χ0) is 93.0. The van der Waals surface area contributed by atoms with Crippen molar-refractivity contribution in [3.05, 3.63) is 496 Å². The Kier molecular flexibility index (Phi) is 18.8. The van der Waals surface area contributed by atoms with E-state index in [1.54, 1.807) is 0 Å². The minimum atomic E-state index is 0.921. The Morgan fingerprint density at radius 3 is 0.801 bits per heavy atom. The van der Waals surface area contributed by atoms with Crippen LogP contribution < -0.4 is 0 Å². The number of furan rings is 3. The van der Waals surface area contributed by atoms with Crippen molar-refractivity contribution >= 4 is 174 Å². The Balaban J connectivity index is 0.000000104. The number of aryl methyl sites for hydroxylation is 2. The summed E-state index contributed by atoms with van der Waals surface area (Å²) < 4.78 is 19.0. The number of rotatable bonds is 11. The molecule has 0 atom stereocenters. The highest BCUT2D eigenvalue weighted by atomic mass is 16.3. The van der Waals surface area contributed by atoms with E-state index in [0.29, 0.717) is 0 Å². The van der Waals surface area contributed by atoms with Crippen LogP contribution in [0.3, 0.4) is 0 Å².